The van der Waals surface area contributed by atoms with Crippen LogP contribution in [0.4, 0.5) is 0 Å². The van der Waals surface area contributed by atoms with E-state index in [4.69, 9.17) is 15.9 Å². The molecule has 0 aromatic heterocycles. The highest BCUT2D eigenvalue weighted by molar-refractivity contribution is 5.87. The van der Waals surface area contributed by atoms with Crippen LogP contribution in [0.25, 0.3) is 0 Å². The number of carbonyl (C=O) groups excluding carboxylic acids is 1. The number of amides is 1. The molecule has 0 saturated carbocycles. The third-order valence-corrected chi connectivity index (χ3v) is 3.25. The highest BCUT2D eigenvalue weighted by atomic mass is 16.4. The standard InChI is InChI=1S/C11H22N2O4/c1-3-11(4-2,7-12)10(17)13-8(5-6-14)9(15)16/h8,14H,3-7,12H2,1-2H3,(H,13,17)(H,15,16). The van der Waals surface area contributed by atoms with Crippen LogP contribution in [0, 0.1) is 5.41 Å². The summed E-state index contributed by atoms with van der Waals surface area (Å²) in [6, 6.07) is -1.06. The Morgan fingerprint density at radius 1 is 1.35 bits per heavy atom. The van der Waals surface area contributed by atoms with Gasteiger partial charge in [0, 0.05) is 19.6 Å². The smallest absolute Gasteiger partial charge is 0.326 e. The first-order valence-corrected chi connectivity index (χ1v) is 5.82. The van der Waals surface area contributed by atoms with E-state index in [1.807, 2.05) is 13.8 Å². The molecule has 0 bridgehead atoms. The first kappa shape index (κ1) is 15.9. The van der Waals surface area contributed by atoms with Gasteiger partial charge in [0.25, 0.3) is 0 Å². The predicted octanol–water partition coefficient (Wildman–Crippen LogP) is -0.297. The van der Waals surface area contributed by atoms with Crippen LogP contribution in [0.5, 0.6) is 0 Å². The van der Waals surface area contributed by atoms with Gasteiger partial charge in [0.2, 0.25) is 5.91 Å². The minimum Gasteiger partial charge on any atom is -0.480 e. The fourth-order valence-corrected chi connectivity index (χ4v) is 1.65. The molecule has 0 fully saturated rings. The summed E-state index contributed by atoms with van der Waals surface area (Å²) in [7, 11) is 0. The molecule has 0 radical (unpaired) electrons. The predicted molar refractivity (Wildman–Crippen MR) is 63.3 cm³/mol. The van der Waals surface area contributed by atoms with E-state index in [0.29, 0.717) is 12.8 Å². The van der Waals surface area contributed by atoms with Crippen molar-refractivity contribution in [2.75, 3.05) is 13.2 Å². The van der Waals surface area contributed by atoms with Gasteiger partial charge in [0.1, 0.15) is 6.04 Å². The highest BCUT2D eigenvalue weighted by Crippen LogP contribution is 2.25. The van der Waals surface area contributed by atoms with Crippen molar-refractivity contribution in [3.8, 4) is 0 Å². The van der Waals surface area contributed by atoms with Crippen LogP contribution in [0.2, 0.25) is 0 Å². The number of carboxylic acids is 1. The van der Waals surface area contributed by atoms with Crippen molar-refractivity contribution in [3.63, 3.8) is 0 Å². The number of aliphatic hydroxyl groups is 1. The summed E-state index contributed by atoms with van der Waals surface area (Å²) >= 11 is 0. The molecule has 0 spiro atoms. The van der Waals surface area contributed by atoms with E-state index in [-0.39, 0.29) is 25.5 Å². The largest absolute Gasteiger partial charge is 0.480 e. The molecular weight excluding hydrogens is 224 g/mol. The molecular formula is C11H22N2O4. The summed E-state index contributed by atoms with van der Waals surface area (Å²) in [5.41, 5.74) is 4.88. The number of carbonyl (C=O) groups is 2. The zero-order valence-corrected chi connectivity index (χ0v) is 10.4. The second kappa shape index (κ2) is 7.24. The first-order chi connectivity index (χ1) is 7.97. The molecule has 0 aliphatic heterocycles. The van der Waals surface area contributed by atoms with E-state index in [9.17, 15) is 9.59 Å². The molecule has 6 heteroatoms. The molecule has 5 N–H and O–H groups in total. The number of rotatable bonds is 8. The number of hydrogen-bond donors (Lipinski definition) is 4. The first-order valence-electron chi connectivity index (χ1n) is 5.82. The summed E-state index contributed by atoms with van der Waals surface area (Å²) in [4.78, 5) is 22.9. The Labute approximate surface area is 101 Å². The van der Waals surface area contributed by atoms with Gasteiger partial charge < -0.3 is 21.3 Å². The minimum atomic E-state index is -1.15. The number of aliphatic carboxylic acids is 1. The minimum absolute atomic E-state index is 0.00481. The van der Waals surface area contributed by atoms with Crippen molar-refractivity contribution < 1.29 is 19.8 Å². The van der Waals surface area contributed by atoms with Crippen LogP contribution in [-0.4, -0.2) is 41.3 Å². The third-order valence-electron chi connectivity index (χ3n) is 3.25. The Morgan fingerprint density at radius 2 is 1.88 bits per heavy atom. The molecule has 100 valence electrons. The molecule has 17 heavy (non-hydrogen) atoms. The van der Waals surface area contributed by atoms with Gasteiger partial charge in [-0.1, -0.05) is 13.8 Å². The third kappa shape index (κ3) is 3.98. The van der Waals surface area contributed by atoms with Crippen LogP contribution in [0.1, 0.15) is 33.1 Å². The fraction of sp³-hybridized carbons (Fsp3) is 0.818. The van der Waals surface area contributed by atoms with Gasteiger partial charge in [0.15, 0.2) is 0 Å². The molecule has 0 rings (SSSR count). The summed E-state index contributed by atoms with van der Waals surface area (Å²) in [6.07, 6.45) is 1.10. The zero-order chi connectivity index (χ0) is 13.5. The lowest BCUT2D eigenvalue weighted by atomic mass is 9.81. The van der Waals surface area contributed by atoms with Crippen LogP contribution in [0.3, 0.4) is 0 Å². The second-order valence-corrected chi connectivity index (χ2v) is 4.07. The molecule has 1 unspecified atom stereocenters. The van der Waals surface area contributed by atoms with Gasteiger partial charge in [-0.2, -0.15) is 0 Å². The van der Waals surface area contributed by atoms with Gasteiger partial charge in [-0.05, 0) is 12.8 Å². The van der Waals surface area contributed by atoms with Crippen LogP contribution in [-0.2, 0) is 9.59 Å². The molecule has 6 nitrogen and oxygen atoms in total. The number of nitrogens with one attached hydrogen (secondary N) is 1. The van der Waals surface area contributed by atoms with Crippen molar-refractivity contribution in [3.05, 3.63) is 0 Å². The van der Waals surface area contributed by atoms with Gasteiger partial charge in [0.05, 0.1) is 5.41 Å². The van der Waals surface area contributed by atoms with E-state index in [2.05, 4.69) is 5.32 Å². The lowest BCUT2D eigenvalue weighted by molar-refractivity contribution is -0.144. The molecule has 0 heterocycles. The number of carboxylic acid groups (broad SMARTS) is 1. The second-order valence-electron chi connectivity index (χ2n) is 4.07. The van der Waals surface area contributed by atoms with Crippen LogP contribution < -0.4 is 11.1 Å². The quantitative estimate of drug-likeness (QED) is 0.470. The molecule has 0 aromatic carbocycles. The fourth-order valence-electron chi connectivity index (χ4n) is 1.65. The van der Waals surface area contributed by atoms with E-state index < -0.39 is 17.4 Å². The lowest BCUT2D eigenvalue weighted by Gasteiger charge is -2.30. The Kier molecular flexibility index (Phi) is 6.75. The average Bonchev–Trinajstić information content (AvgIpc) is 2.31. The van der Waals surface area contributed by atoms with E-state index in [1.54, 1.807) is 0 Å². The molecule has 0 aromatic rings. The summed E-state index contributed by atoms with van der Waals surface area (Å²) < 4.78 is 0. The molecule has 1 atom stereocenters. The average molecular weight is 246 g/mol. The van der Waals surface area contributed by atoms with Crippen molar-refractivity contribution >= 4 is 11.9 Å². The van der Waals surface area contributed by atoms with Crippen LogP contribution >= 0.6 is 0 Å². The monoisotopic (exact) mass is 246 g/mol. The Bertz CT molecular complexity index is 256. The van der Waals surface area contributed by atoms with Crippen molar-refractivity contribution in [1.29, 1.82) is 0 Å². The van der Waals surface area contributed by atoms with Crippen molar-refractivity contribution in [1.82, 2.24) is 5.32 Å². The number of hydrogen-bond acceptors (Lipinski definition) is 4. The Hall–Kier alpha value is -1.14. The molecule has 0 aliphatic rings. The molecule has 1 amide bonds. The Morgan fingerprint density at radius 3 is 2.18 bits per heavy atom. The summed E-state index contributed by atoms with van der Waals surface area (Å²) in [5.74, 6) is -1.50. The van der Waals surface area contributed by atoms with Gasteiger partial charge in [-0.3, -0.25) is 4.79 Å². The molecule has 0 saturated heterocycles. The maximum absolute atomic E-state index is 12.0. The van der Waals surface area contributed by atoms with Gasteiger partial charge in [-0.25, -0.2) is 4.79 Å². The highest BCUT2D eigenvalue weighted by Gasteiger charge is 2.35. The normalized spacial score (nSPS) is 13.2. The van der Waals surface area contributed by atoms with Gasteiger partial charge in [-0.15, -0.1) is 0 Å². The van der Waals surface area contributed by atoms with E-state index in [0.717, 1.165) is 0 Å². The topological polar surface area (TPSA) is 113 Å². The summed E-state index contributed by atoms with van der Waals surface area (Å²) in [5, 5.41) is 20.0. The van der Waals surface area contributed by atoms with Crippen molar-refractivity contribution in [2.45, 2.75) is 39.2 Å². The maximum Gasteiger partial charge on any atom is 0.326 e. The lowest BCUT2D eigenvalue weighted by Crippen LogP contribution is -2.51. The summed E-state index contributed by atoms with van der Waals surface area (Å²) in [6.45, 7) is 3.58. The Balaban J connectivity index is 4.73. The van der Waals surface area contributed by atoms with Gasteiger partial charge >= 0.3 is 5.97 Å². The molecule has 0 aliphatic carbocycles. The van der Waals surface area contributed by atoms with E-state index in [1.165, 1.54) is 0 Å². The SMILES string of the molecule is CCC(CC)(CN)C(=O)NC(CCO)C(=O)O. The van der Waals surface area contributed by atoms with Crippen LogP contribution in [0.15, 0.2) is 0 Å². The maximum atomic E-state index is 12.0. The number of aliphatic hydroxyl groups excluding tert-OH is 1. The number of nitrogens with two attached hydrogens (primary N) is 1. The zero-order valence-electron chi connectivity index (χ0n) is 10.4. The van der Waals surface area contributed by atoms with E-state index >= 15 is 0 Å². The van der Waals surface area contributed by atoms with Crippen molar-refractivity contribution in [2.24, 2.45) is 11.1 Å².